The van der Waals surface area contributed by atoms with E-state index in [1.54, 1.807) is 42.5 Å². The molecule has 0 bridgehead atoms. The van der Waals surface area contributed by atoms with Gasteiger partial charge in [-0.15, -0.1) is 0 Å². The predicted molar refractivity (Wildman–Crippen MR) is 141 cm³/mol. The second-order valence-corrected chi connectivity index (χ2v) is 10.0. The number of nitrogens with zero attached hydrogens (tertiary/aromatic N) is 3. The van der Waals surface area contributed by atoms with Gasteiger partial charge in [-0.05, 0) is 55.7 Å². The lowest BCUT2D eigenvalue weighted by molar-refractivity contribution is -0.169. The summed E-state index contributed by atoms with van der Waals surface area (Å²) in [5, 5.41) is 20.2. The van der Waals surface area contributed by atoms with Gasteiger partial charge in [-0.1, -0.05) is 53.5 Å². The second-order valence-electron chi connectivity index (χ2n) is 8.66. The third-order valence-electron chi connectivity index (χ3n) is 6.50. The summed E-state index contributed by atoms with van der Waals surface area (Å²) in [6, 6.07) is 14.9. The Balaban J connectivity index is 0.00000156. The number of carbonyl (C=O) groups excluding carboxylic acids is 1. The molecule has 192 valence electrons. The maximum atomic E-state index is 15.7. The number of rotatable bonds is 5. The van der Waals surface area contributed by atoms with Crippen molar-refractivity contribution in [2.45, 2.75) is 57.6 Å². The molecule has 1 aromatic heterocycles. The molecule has 0 spiro atoms. The molecule has 2 aromatic carbocycles. The standard InChI is InChI=1S/C26H20BrClFN3O3.C2H6/c27-17-10-20-24(21(29)11-17)26(16-5-7-18(28)8-6-16,35-23-3-1-2-22(23)33)32(25(20)34)14-19-9-4-15(12-30)13-31-19;1-2/h4-11,13,22-23,33H,1-3,14H2;1-2H3. The minimum Gasteiger partial charge on any atom is -0.390 e. The quantitative estimate of drug-likeness (QED) is 0.378. The maximum absolute atomic E-state index is 15.7. The topological polar surface area (TPSA) is 86.5 Å². The number of benzene rings is 2. The van der Waals surface area contributed by atoms with Crippen LogP contribution in [0.3, 0.4) is 0 Å². The molecule has 9 heteroatoms. The van der Waals surface area contributed by atoms with Gasteiger partial charge in [0.05, 0.1) is 41.1 Å². The van der Waals surface area contributed by atoms with Gasteiger partial charge in [0.2, 0.25) is 5.72 Å². The van der Waals surface area contributed by atoms with Crippen LogP contribution in [-0.2, 0) is 17.0 Å². The van der Waals surface area contributed by atoms with E-state index in [0.29, 0.717) is 39.2 Å². The van der Waals surface area contributed by atoms with Gasteiger partial charge in [0, 0.05) is 21.3 Å². The molecule has 0 radical (unpaired) electrons. The van der Waals surface area contributed by atoms with E-state index in [0.717, 1.165) is 6.42 Å². The average Bonchev–Trinajstić information content (AvgIpc) is 3.40. The van der Waals surface area contributed by atoms with E-state index in [-0.39, 0.29) is 17.7 Å². The number of pyridine rings is 1. The van der Waals surface area contributed by atoms with E-state index >= 15 is 4.39 Å². The predicted octanol–water partition coefficient (Wildman–Crippen LogP) is 6.32. The van der Waals surface area contributed by atoms with Gasteiger partial charge in [-0.2, -0.15) is 5.26 Å². The second kappa shape index (κ2) is 11.3. The van der Waals surface area contributed by atoms with E-state index in [2.05, 4.69) is 20.9 Å². The molecule has 37 heavy (non-hydrogen) atoms. The fraction of sp³-hybridized carbons (Fsp3) is 0.321. The van der Waals surface area contributed by atoms with Gasteiger partial charge < -0.3 is 9.84 Å². The van der Waals surface area contributed by atoms with Gasteiger partial charge in [-0.25, -0.2) is 4.39 Å². The number of aliphatic hydroxyl groups is 1. The smallest absolute Gasteiger partial charge is 0.257 e. The largest absolute Gasteiger partial charge is 0.390 e. The highest BCUT2D eigenvalue weighted by Crippen LogP contribution is 2.50. The fourth-order valence-corrected chi connectivity index (χ4v) is 5.42. The number of ether oxygens (including phenoxy) is 1. The molecule has 2 heterocycles. The van der Waals surface area contributed by atoms with E-state index in [4.69, 9.17) is 21.6 Å². The van der Waals surface area contributed by atoms with E-state index in [1.165, 1.54) is 17.2 Å². The Kier molecular flexibility index (Phi) is 8.29. The van der Waals surface area contributed by atoms with Gasteiger partial charge in [0.15, 0.2) is 0 Å². The summed E-state index contributed by atoms with van der Waals surface area (Å²) in [5.74, 6) is -1.05. The van der Waals surface area contributed by atoms with Crippen molar-refractivity contribution in [2.24, 2.45) is 0 Å². The van der Waals surface area contributed by atoms with Crippen molar-refractivity contribution in [3.8, 4) is 6.07 Å². The van der Waals surface area contributed by atoms with Gasteiger partial charge in [0.1, 0.15) is 11.9 Å². The monoisotopic (exact) mass is 585 g/mol. The molecular formula is C28H26BrClFN3O3. The number of aliphatic hydroxyl groups excluding tert-OH is 1. The molecule has 6 nitrogen and oxygen atoms in total. The molecule has 0 saturated heterocycles. The Morgan fingerprint density at radius 1 is 1.24 bits per heavy atom. The van der Waals surface area contributed by atoms with Crippen molar-refractivity contribution in [2.75, 3.05) is 0 Å². The Labute approximate surface area is 228 Å². The minimum absolute atomic E-state index is 0.0122. The molecule has 1 amide bonds. The Morgan fingerprint density at radius 2 is 1.97 bits per heavy atom. The number of carbonyl (C=O) groups is 1. The number of nitriles is 1. The van der Waals surface area contributed by atoms with Crippen molar-refractivity contribution < 1.29 is 19.0 Å². The van der Waals surface area contributed by atoms with Crippen LogP contribution >= 0.6 is 27.5 Å². The summed E-state index contributed by atoms with van der Waals surface area (Å²) in [7, 11) is 0. The van der Waals surface area contributed by atoms with Gasteiger partial charge in [0.25, 0.3) is 5.91 Å². The molecule has 3 aromatic rings. The number of halogens is 3. The normalized spacial score (nSPS) is 22.3. The highest BCUT2D eigenvalue weighted by atomic mass is 79.9. The van der Waals surface area contributed by atoms with E-state index < -0.39 is 29.7 Å². The maximum Gasteiger partial charge on any atom is 0.257 e. The van der Waals surface area contributed by atoms with Crippen LogP contribution in [0.25, 0.3) is 0 Å². The number of hydrogen-bond acceptors (Lipinski definition) is 5. The van der Waals surface area contributed by atoms with Crippen LogP contribution in [-0.4, -0.2) is 33.1 Å². The first-order chi connectivity index (χ1) is 17.8. The molecule has 1 saturated carbocycles. The summed E-state index contributed by atoms with van der Waals surface area (Å²) in [6.45, 7) is 3.99. The zero-order valence-electron chi connectivity index (χ0n) is 20.4. The molecule has 1 N–H and O–H groups in total. The van der Waals surface area contributed by atoms with Crippen LogP contribution in [0.15, 0.2) is 59.2 Å². The van der Waals surface area contributed by atoms with Crippen molar-refractivity contribution >= 4 is 33.4 Å². The first-order valence-corrected chi connectivity index (χ1v) is 13.3. The number of fused-ring (bicyclic) bond motifs is 1. The van der Waals surface area contributed by atoms with Crippen molar-refractivity contribution in [1.82, 2.24) is 9.88 Å². The SMILES string of the molecule is CC.N#Cc1ccc(CN2C(=O)c3cc(Br)cc(F)c3C2(OC2CCCC2O)c2ccc(Cl)cc2)nc1. The van der Waals surface area contributed by atoms with Crippen molar-refractivity contribution in [3.05, 3.63) is 98.0 Å². The van der Waals surface area contributed by atoms with Crippen LogP contribution in [0.2, 0.25) is 5.02 Å². The summed E-state index contributed by atoms with van der Waals surface area (Å²) in [4.78, 5) is 19.6. The van der Waals surface area contributed by atoms with Crippen LogP contribution < -0.4 is 0 Å². The van der Waals surface area contributed by atoms with Crippen LogP contribution in [0, 0.1) is 17.1 Å². The first-order valence-electron chi connectivity index (χ1n) is 12.1. The third kappa shape index (κ3) is 5.01. The number of amides is 1. The molecule has 1 aliphatic carbocycles. The van der Waals surface area contributed by atoms with Crippen LogP contribution in [0.1, 0.15) is 65.9 Å². The number of hydrogen-bond donors (Lipinski definition) is 1. The lowest BCUT2D eigenvalue weighted by atomic mass is 9.92. The Bertz CT molecular complexity index is 1330. The molecule has 3 atom stereocenters. The fourth-order valence-electron chi connectivity index (χ4n) is 4.87. The molecule has 3 unspecified atom stereocenters. The molecule has 1 fully saturated rings. The highest BCUT2D eigenvalue weighted by molar-refractivity contribution is 9.10. The third-order valence-corrected chi connectivity index (χ3v) is 7.21. The Morgan fingerprint density at radius 3 is 2.57 bits per heavy atom. The average molecular weight is 587 g/mol. The van der Waals surface area contributed by atoms with Crippen LogP contribution in [0.4, 0.5) is 4.39 Å². The van der Waals surface area contributed by atoms with Crippen molar-refractivity contribution in [1.29, 1.82) is 5.26 Å². The summed E-state index contributed by atoms with van der Waals surface area (Å²) in [6.07, 6.45) is 1.95. The number of aromatic nitrogens is 1. The molecular weight excluding hydrogens is 561 g/mol. The zero-order valence-corrected chi connectivity index (χ0v) is 22.8. The van der Waals surface area contributed by atoms with Crippen molar-refractivity contribution in [3.63, 3.8) is 0 Å². The van der Waals surface area contributed by atoms with Crippen LogP contribution in [0.5, 0.6) is 0 Å². The first kappa shape index (κ1) is 27.2. The minimum atomic E-state index is -1.66. The van der Waals surface area contributed by atoms with Gasteiger partial charge >= 0.3 is 0 Å². The highest BCUT2D eigenvalue weighted by Gasteiger charge is 2.56. The lowest BCUT2D eigenvalue weighted by Crippen LogP contribution is -2.50. The van der Waals surface area contributed by atoms with E-state index in [9.17, 15) is 9.90 Å². The molecule has 2 aliphatic rings. The lowest BCUT2D eigenvalue weighted by Gasteiger charge is -2.41. The summed E-state index contributed by atoms with van der Waals surface area (Å²) in [5.41, 5.74) is -0.0304. The zero-order chi connectivity index (χ0) is 26.7. The summed E-state index contributed by atoms with van der Waals surface area (Å²) < 4.78 is 22.8. The van der Waals surface area contributed by atoms with Gasteiger partial charge in [-0.3, -0.25) is 14.7 Å². The molecule has 1 aliphatic heterocycles. The Hall–Kier alpha value is -2.83. The summed E-state index contributed by atoms with van der Waals surface area (Å²) >= 11 is 9.45. The van der Waals surface area contributed by atoms with E-state index in [1.807, 2.05) is 19.9 Å². The molecule has 5 rings (SSSR count).